The van der Waals surface area contributed by atoms with Crippen molar-refractivity contribution >= 4 is 5.69 Å². The minimum Gasteiger partial charge on any atom is -0.264 e. The van der Waals surface area contributed by atoms with Crippen molar-refractivity contribution in [2.24, 2.45) is 0 Å². The lowest BCUT2D eigenvalue weighted by molar-refractivity contribution is -0.539. The maximum absolute atomic E-state index is 14.0. The number of para-hydroxylation sites is 1. The van der Waals surface area contributed by atoms with E-state index >= 15 is 0 Å². The van der Waals surface area contributed by atoms with Crippen LogP contribution in [0.3, 0.4) is 0 Å². The summed E-state index contributed by atoms with van der Waals surface area (Å²) in [5.74, 6) is -5.42. The molecule has 2 aromatic carbocycles. The van der Waals surface area contributed by atoms with E-state index in [2.05, 4.69) is 0 Å². The molecule has 0 spiro atoms. The molecule has 3 rings (SSSR count). The zero-order chi connectivity index (χ0) is 19.8. The van der Waals surface area contributed by atoms with E-state index in [0.717, 1.165) is 5.06 Å². The molecule has 5 nitrogen and oxygen atoms in total. The highest BCUT2D eigenvalue weighted by molar-refractivity contribution is 5.48. The topological polar surface area (TPSA) is 55.6 Å². The summed E-state index contributed by atoms with van der Waals surface area (Å²) >= 11 is 0. The Hall–Kier alpha value is -2.75. The van der Waals surface area contributed by atoms with Crippen LogP contribution >= 0.6 is 0 Å². The van der Waals surface area contributed by atoms with E-state index in [9.17, 15) is 32.1 Å². The molecule has 0 aliphatic carbocycles. The maximum Gasteiger partial charge on any atom is 0.456 e. The molecule has 3 atom stereocenters. The van der Waals surface area contributed by atoms with E-state index in [0.29, 0.717) is 0 Å². The normalized spacial score (nSPS) is 23.4. The second-order valence-corrected chi connectivity index (χ2v) is 5.94. The highest BCUT2D eigenvalue weighted by Gasteiger charge is 2.72. The van der Waals surface area contributed by atoms with Gasteiger partial charge < -0.3 is 0 Å². The lowest BCUT2D eigenvalue weighted by Crippen LogP contribution is -2.53. The predicted octanol–water partition coefficient (Wildman–Crippen LogP) is 4.39. The Morgan fingerprint density at radius 3 is 1.93 bits per heavy atom. The van der Waals surface area contributed by atoms with Crippen molar-refractivity contribution in [2.45, 2.75) is 30.3 Å². The van der Waals surface area contributed by atoms with Crippen LogP contribution in [0.1, 0.15) is 11.6 Å². The Morgan fingerprint density at radius 2 is 1.44 bits per heavy atom. The summed E-state index contributed by atoms with van der Waals surface area (Å²) in [6.07, 6.45) is -9.02. The van der Waals surface area contributed by atoms with Crippen LogP contribution < -0.4 is 5.06 Å². The summed E-state index contributed by atoms with van der Waals surface area (Å²) in [7, 11) is 0. The largest absolute Gasteiger partial charge is 0.456 e. The smallest absolute Gasteiger partial charge is 0.264 e. The fourth-order valence-corrected chi connectivity index (χ4v) is 3.00. The van der Waals surface area contributed by atoms with E-state index in [4.69, 9.17) is 4.84 Å². The second-order valence-electron chi connectivity index (χ2n) is 5.94. The van der Waals surface area contributed by atoms with Gasteiger partial charge >= 0.3 is 12.1 Å². The number of nitrogens with zero attached hydrogens (tertiary/aromatic N) is 2. The monoisotopic (exact) mass is 388 g/mol. The quantitative estimate of drug-likeness (QED) is 0.443. The maximum atomic E-state index is 14.0. The molecule has 10 heteroatoms. The molecule has 0 aromatic heterocycles. The van der Waals surface area contributed by atoms with E-state index in [1.807, 2.05) is 0 Å². The summed E-state index contributed by atoms with van der Waals surface area (Å²) in [6, 6.07) is 11.0. The van der Waals surface area contributed by atoms with Gasteiger partial charge in [-0.05, 0) is 17.7 Å². The van der Waals surface area contributed by atoms with Crippen molar-refractivity contribution in [1.29, 1.82) is 0 Å². The highest BCUT2D eigenvalue weighted by Crippen LogP contribution is 2.49. The highest BCUT2D eigenvalue weighted by atomic mass is 19.4. The van der Waals surface area contributed by atoms with Gasteiger partial charge in [0.2, 0.25) is 6.10 Å². The van der Waals surface area contributed by atoms with Gasteiger partial charge in [-0.15, -0.1) is 0 Å². The Balaban J connectivity index is 2.15. The Labute approximate surface area is 150 Å². The van der Waals surface area contributed by atoms with Crippen LogP contribution in [0, 0.1) is 10.1 Å². The molecule has 2 aromatic rings. The summed E-state index contributed by atoms with van der Waals surface area (Å²) in [5, 5.41) is 12.3. The van der Waals surface area contributed by atoms with Gasteiger partial charge in [0.15, 0.2) is 6.04 Å². The molecule has 0 unspecified atom stereocenters. The van der Waals surface area contributed by atoms with E-state index in [1.165, 1.54) is 48.5 Å². The van der Waals surface area contributed by atoms with Gasteiger partial charge in [-0.1, -0.05) is 48.5 Å². The van der Waals surface area contributed by atoms with Crippen LogP contribution in [0.2, 0.25) is 0 Å². The van der Waals surface area contributed by atoms with Crippen LogP contribution in [0.15, 0.2) is 60.7 Å². The van der Waals surface area contributed by atoms with Gasteiger partial charge in [0.1, 0.15) is 0 Å². The van der Waals surface area contributed by atoms with Crippen molar-refractivity contribution in [3.05, 3.63) is 76.3 Å². The molecular formula is C17H13F5N2O3. The molecule has 1 heterocycles. The molecule has 0 N–H and O–H groups in total. The van der Waals surface area contributed by atoms with Gasteiger partial charge in [0, 0.05) is 4.92 Å². The fraction of sp³-hybridized carbons (Fsp3) is 0.294. The zero-order valence-electron chi connectivity index (χ0n) is 13.5. The van der Waals surface area contributed by atoms with E-state index in [1.54, 1.807) is 12.1 Å². The first kappa shape index (κ1) is 19.0. The molecule has 1 saturated heterocycles. The molecule has 1 aliphatic rings. The summed E-state index contributed by atoms with van der Waals surface area (Å²) in [5.41, 5.74) is 0.308. The van der Waals surface area contributed by atoms with Crippen molar-refractivity contribution < 1.29 is 31.7 Å². The lowest BCUT2D eigenvalue weighted by Gasteiger charge is -2.25. The number of halogens is 5. The molecule has 1 fully saturated rings. The summed E-state index contributed by atoms with van der Waals surface area (Å²) in [4.78, 5) is 15.3. The van der Waals surface area contributed by atoms with E-state index in [-0.39, 0.29) is 11.3 Å². The number of hydrogen-bond acceptors (Lipinski definition) is 4. The average molecular weight is 388 g/mol. The standard InChI is InChI=1S/C17H13F5N2O3/c18-16(19,17(20,21)22)15-14(24(25)26)13(11-7-3-1-4-8-11)23(27-15)12-9-5-2-6-10-12/h1-10,13-15H/t13-,14-,15-/m1/s1. The third kappa shape index (κ3) is 3.32. The predicted molar refractivity (Wildman–Crippen MR) is 84.8 cm³/mol. The van der Waals surface area contributed by atoms with Crippen LogP contribution in [-0.2, 0) is 4.84 Å². The number of alkyl halides is 5. The van der Waals surface area contributed by atoms with Gasteiger partial charge in [-0.3, -0.25) is 15.0 Å². The van der Waals surface area contributed by atoms with Gasteiger partial charge in [0.05, 0.1) is 5.69 Å². The van der Waals surface area contributed by atoms with Gasteiger partial charge in [-0.25, -0.2) is 5.06 Å². The Kier molecular flexibility index (Phi) is 4.77. The summed E-state index contributed by atoms with van der Waals surface area (Å²) in [6.45, 7) is 0. The lowest BCUT2D eigenvalue weighted by atomic mass is 9.93. The molecule has 27 heavy (non-hydrogen) atoms. The Morgan fingerprint density at radius 1 is 0.926 bits per heavy atom. The van der Waals surface area contributed by atoms with Crippen LogP contribution in [0.25, 0.3) is 0 Å². The average Bonchev–Trinajstić information content (AvgIpc) is 3.04. The van der Waals surface area contributed by atoms with Crippen LogP contribution in [0.4, 0.5) is 27.6 Å². The molecule has 0 saturated carbocycles. The third-order valence-corrected chi connectivity index (χ3v) is 4.24. The third-order valence-electron chi connectivity index (χ3n) is 4.24. The number of nitro groups is 1. The van der Waals surface area contributed by atoms with Crippen molar-refractivity contribution in [2.75, 3.05) is 5.06 Å². The first-order valence-electron chi connectivity index (χ1n) is 7.78. The van der Waals surface area contributed by atoms with Gasteiger partial charge in [-0.2, -0.15) is 22.0 Å². The first-order valence-corrected chi connectivity index (χ1v) is 7.78. The molecule has 0 amide bonds. The van der Waals surface area contributed by atoms with Crippen molar-refractivity contribution in [3.63, 3.8) is 0 Å². The zero-order valence-corrected chi connectivity index (χ0v) is 13.5. The number of benzene rings is 2. The second kappa shape index (κ2) is 6.76. The molecule has 1 aliphatic heterocycles. The number of anilines is 1. The Bertz CT molecular complexity index is 801. The SMILES string of the molecule is O=[N+]([O-])[C@@H]1[C@@H](c2ccccc2)N(c2ccccc2)O[C@H]1C(F)(F)C(F)(F)F. The molecule has 0 radical (unpaired) electrons. The summed E-state index contributed by atoms with van der Waals surface area (Å²) < 4.78 is 66.8. The van der Waals surface area contributed by atoms with Crippen molar-refractivity contribution in [3.8, 4) is 0 Å². The van der Waals surface area contributed by atoms with Gasteiger partial charge in [0.25, 0.3) is 6.04 Å². The minimum atomic E-state index is -6.00. The molecular weight excluding hydrogens is 375 g/mol. The van der Waals surface area contributed by atoms with Crippen LogP contribution in [0.5, 0.6) is 0 Å². The van der Waals surface area contributed by atoms with E-state index < -0.39 is 35.2 Å². The van der Waals surface area contributed by atoms with Crippen LogP contribution in [-0.4, -0.2) is 29.2 Å². The minimum absolute atomic E-state index is 0.124. The number of hydrogen-bond donors (Lipinski definition) is 0. The van der Waals surface area contributed by atoms with Crippen molar-refractivity contribution in [1.82, 2.24) is 0 Å². The first-order chi connectivity index (χ1) is 12.6. The molecule has 144 valence electrons. The fourth-order valence-electron chi connectivity index (χ4n) is 3.00. The number of hydroxylamine groups is 1. The number of rotatable bonds is 4. The molecule has 0 bridgehead atoms.